The second-order valence-corrected chi connectivity index (χ2v) is 9.05. The Morgan fingerprint density at radius 3 is 2.89 bits per heavy atom. The van der Waals surface area contributed by atoms with Crippen molar-refractivity contribution in [3.63, 3.8) is 0 Å². The first-order valence-electron chi connectivity index (χ1n) is 11.6. The van der Waals surface area contributed by atoms with E-state index in [9.17, 15) is 14.9 Å². The molecule has 1 aromatic heterocycles. The molecule has 8 nitrogen and oxygen atoms in total. The maximum atomic E-state index is 13.4. The van der Waals surface area contributed by atoms with Crippen molar-refractivity contribution in [1.82, 2.24) is 10.2 Å². The van der Waals surface area contributed by atoms with Gasteiger partial charge in [-0.1, -0.05) is 6.07 Å². The number of nitriles is 1. The number of carboxylic acid groups (broad SMARTS) is 1. The first-order chi connectivity index (χ1) is 17.0. The molecule has 1 aliphatic heterocycles. The van der Waals surface area contributed by atoms with Gasteiger partial charge >= 0.3 is 5.97 Å². The highest BCUT2D eigenvalue weighted by atomic mass is 16.5. The van der Waals surface area contributed by atoms with Crippen molar-refractivity contribution in [2.75, 3.05) is 11.9 Å². The topological polar surface area (TPSA) is 125 Å². The Labute approximate surface area is 202 Å². The number of hydrogen-bond acceptors (Lipinski definition) is 6. The Hall–Kier alpha value is -4.25. The van der Waals surface area contributed by atoms with Gasteiger partial charge in [-0.15, -0.1) is 0 Å². The van der Waals surface area contributed by atoms with Gasteiger partial charge in [0.05, 0.1) is 23.9 Å². The summed E-state index contributed by atoms with van der Waals surface area (Å²) in [6.45, 7) is 0.547. The van der Waals surface area contributed by atoms with Crippen molar-refractivity contribution in [2.45, 2.75) is 37.5 Å². The van der Waals surface area contributed by atoms with Gasteiger partial charge in [-0.25, -0.2) is 0 Å². The van der Waals surface area contributed by atoms with E-state index in [2.05, 4.69) is 27.6 Å². The molecular weight excluding hydrogens is 444 g/mol. The Bertz CT molecular complexity index is 1330. The van der Waals surface area contributed by atoms with Crippen molar-refractivity contribution < 1.29 is 19.4 Å². The molecular formula is C27H24N4O4. The first-order valence-corrected chi connectivity index (χ1v) is 11.6. The molecule has 35 heavy (non-hydrogen) atoms. The zero-order valence-corrected chi connectivity index (χ0v) is 19.0. The molecule has 1 amide bonds. The van der Waals surface area contributed by atoms with Gasteiger partial charge in [-0.2, -0.15) is 15.5 Å². The van der Waals surface area contributed by atoms with Gasteiger partial charge in [-0.3, -0.25) is 9.59 Å². The van der Waals surface area contributed by atoms with E-state index < -0.39 is 5.97 Å². The van der Waals surface area contributed by atoms with Crippen LogP contribution in [-0.4, -0.2) is 33.8 Å². The predicted molar refractivity (Wildman–Crippen MR) is 128 cm³/mol. The first kappa shape index (κ1) is 22.5. The van der Waals surface area contributed by atoms with Crippen LogP contribution in [0, 0.1) is 17.2 Å². The number of ether oxygens (including phenoxy) is 1. The van der Waals surface area contributed by atoms with E-state index in [4.69, 9.17) is 9.84 Å². The minimum absolute atomic E-state index is 0.0457. The van der Waals surface area contributed by atoms with Crippen LogP contribution in [0.5, 0.6) is 5.75 Å². The van der Waals surface area contributed by atoms with E-state index in [1.54, 1.807) is 24.4 Å². The normalized spacial score (nSPS) is 19.8. The number of nitrogens with zero attached hydrogens (tertiary/aromatic N) is 3. The number of aryl methyl sites for hydroxylation is 1. The van der Waals surface area contributed by atoms with E-state index in [1.807, 2.05) is 24.3 Å². The smallest absolute Gasteiger partial charge is 0.303 e. The van der Waals surface area contributed by atoms with Gasteiger partial charge < -0.3 is 15.2 Å². The van der Waals surface area contributed by atoms with Gasteiger partial charge in [0.15, 0.2) is 0 Å². The van der Waals surface area contributed by atoms with E-state index in [0.29, 0.717) is 37.1 Å². The lowest BCUT2D eigenvalue weighted by Gasteiger charge is -2.27. The zero-order valence-electron chi connectivity index (χ0n) is 19.0. The van der Waals surface area contributed by atoms with Crippen molar-refractivity contribution in [3.05, 3.63) is 71.4 Å². The molecule has 176 valence electrons. The minimum atomic E-state index is -0.858. The quantitative estimate of drug-likeness (QED) is 0.535. The number of nitrogens with one attached hydrogen (secondary N) is 1. The summed E-state index contributed by atoms with van der Waals surface area (Å²) in [4.78, 5) is 24.3. The van der Waals surface area contributed by atoms with Gasteiger partial charge in [0.1, 0.15) is 5.75 Å². The lowest BCUT2D eigenvalue weighted by atomic mass is 9.86. The lowest BCUT2D eigenvalue weighted by Crippen LogP contribution is -2.27. The van der Waals surface area contributed by atoms with Crippen LogP contribution in [0.1, 0.15) is 42.4 Å². The van der Waals surface area contributed by atoms with Crippen LogP contribution in [0.25, 0.3) is 11.3 Å². The molecule has 2 heterocycles. The minimum Gasteiger partial charge on any atom is -0.493 e. The fourth-order valence-corrected chi connectivity index (χ4v) is 4.99. The number of aromatic nitrogens is 2. The number of anilines is 1. The SMILES string of the molecule is N#Cc1ccc(CCCC(=O)O)c(NC(=O)[C@@H]2CC23CCOc2ccc(-c4cccnn4)cc23)c1. The number of carbonyl (C=O) groups is 2. The van der Waals surface area contributed by atoms with Crippen LogP contribution < -0.4 is 10.1 Å². The summed E-state index contributed by atoms with van der Waals surface area (Å²) in [7, 11) is 0. The molecule has 3 aromatic rings. The molecule has 1 spiro atoms. The maximum absolute atomic E-state index is 13.4. The van der Waals surface area contributed by atoms with Crippen LogP contribution in [-0.2, 0) is 21.4 Å². The molecule has 0 saturated heterocycles. The van der Waals surface area contributed by atoms with Crippen LogP contribution in [0.15, 0.2) is 54.7 Å². The Balaban J connectivity index is 1.38. The highest BCUT2D eigenvalue weighted by molar-refractivity contribution is 5.97. The number of aliphatic carboxylic acids is 1. The number of hydrogen-bond donors (Lipinski definition) is 2. The number of benzene rings is 2. The standard InChI is InChI=1S/C27H24N4O4/c28-16-17-6-7-18(3-1-5-25(32)33)23(13-17)30-26(34)21-15-27(21)10-12-35-24-9-8-19(14-20(24)27)22-4-2-11-29-31-22/h2,4,6-9,11,13-14,21H,1,3,5,10,12,15H2,(H,30,34)(H,32,33)/t21-,27?/m0/s1. The number of carbonyl (C=O) groups excluding carboxylic acids is 1. The predicted octanol–water partition coefficient (Wildman–Crippen LogP) is 4.10. The monoisotopic (exact) mass is 468 g/mol. The van der Waals surface area contributed by atoms with Crippen molar-refractivity contribution >= 4 is 17.6 Å². The average molecular weight is 469 g/mol. The van der Waals surface area contributed by atoms with E-state index in [-0.39, 0.29) is 23.7 Å². The Morgan fingerprint density at radius 1 is 1.23 bits per heavy atom. The molecule has 8 heteroatoms. The Kier molecular flexibility index (Phi) is 5.91. The van der Waals surface area contributed by atoms with Gasteiger partial charge in [0.2, 0.25) is 5.91 Å². The summed E-state index contributed by atoms with van der Waals surface area (Å²) < 4.78 is 5.90. The third-order valence-corrected chi connectivity index (χ3v) is 6.92. The van der Waals surface area contributed by atoms with Crippen molar-refractivity contribution in [2.24, 2.45) is 5.92 Å². The number of amides is 1. The van der Waals surface area contributed by atoms with Gasteiger partial charge in [0, 0.05) is 40.8 Å². The third kappa shape index (κ3) is 4.45. The molecule has 2 atom stereocenters. The summed E-state index contributed by atoms with van der Waals surface area (Å²) in [5.41, 5.74) is 4.24. The summed E-state index contributed by atoms with van der Waals surface area (Å²) in [5, 5.41) is 29.5. The second-order valence-electron chi connectivity index (χ2n) is 9.05. The summed E-state index contributed by atoms with van der Waals surface area (Å²) >= 11 is 0. The lowest BCUT2D eigenvalue weighted by molar-refractivity contribution is -0.137. The summed E-state index contributed by atoms with van der Waals surface area (Å²) in [6.07, 6.45) is 4.08. The molecule has 0 bridgehead atoms. The van der Waals surface area contributed by atoms with Crippen molar-refractivity contribution in [1.29, 1.82) is 5.26 Å². The molecule has 2 aromatic carbocycles. The fraction of sp³-hybridized carbons (Fsp3) is 0.296. The highest BCUT2D eigenvalue weighted by Crippen LogP contribution is 2.61. The molecule has 2 N–H and O–H groups in total. The summed E-state index contributed by atoms with van der Waals surface area (Å²) in [6, 6.07) is 16.9. The zero-order chi connectivity index (χ0) is 24.4. The molecule has 2 aliphatic rings. The van der Waals surface area contributed by atoms with E-state index in [0.717, 1.165) is 34.6 Å². The van der Waals surface area contributed by atoms with Crippen LogP contribution in [0.2, 0.25) is 0 Å². The van der Waals surface area contributed by atoms with E-state index >= 15 is 0 Å². The number of fused-ring (bicyclic) bond motifs is 2. The maximum Gasteiger partial charge on any atom is 0.303 e. The molecule has 1 aliphatic carbocycles. The molecule has 1 unspecified atom stereocenters. The largest absolute Gasteiger partial charge is 0.493 e. The van der Waals surface area contributed by atoms with Gasteiger partial charge in [-0.05, 0) is 73.7 Å². The average Bonchev–Trinajstić information content (AvgIpc) is 3.60. The number of rotatable bonds is 7. The molecule has 1 saturated carbocycles. The fourth-order valence-electron chi connectivity index (χ4n) is 4.99. The van der Waals surface area contributed by atoms with Gasteiger partial charge in [0.25, 0.3) is 0 Å². The molecule has 1 fully saturated rings. The molecule has 0 radical (unpaired) electrons. The third-order valence-electron chi connectivity index (χ3n) is 6.92. The highest BCUT2D eigenvalue weighted by Gasteiger charge is 2.61. The van der Waals surface area contributed by atoms with Crippen LogP contribution in [0.4, 0.5) is 5.69 Å². The molecule has 5 rings (SSSR count). The van der Waals surface area contributed by atoms with Crippen molar-refractivity contribution in [3.8, 4) is 23.1 Å². The van der Waals surface area contributed by atoms with E-state index in [1.165, 1.54) is 0 Å². The number of carboxylic acids is 1. The van der Waals surface area contributed by atoms with Crippen LogP contribution >= 0.6 is 0 Å². The Morgan fingerprint density at radius 2 is 2.11 bits per heavy atom. The summed E-state index contributed by atoms with van der Waals surface area (Å²) in [5.74, 6) is -0.389. The second kappa shape index (κ2) is 9.18. The van der Waals surface area contributed by atoms with Crippen LogP contribution in [0.3, 0.4) is 0 Å².